The summed E-state index contributed by atoms with van der Waals surface area (Å²) in [5.41, 5.74) is 0.659. The second-order valence-electron chi connectivity index (χ2n) is 3.67. The molecule has 0 atom stereocenters. The summed E-state index contributed by atoms with van der Waals surface area (Å²) in [5.74, 6) is -1.84. The molecule has 2 rings (SSSR count). The molecular formula is C12H9ClFNO3. The number of aromatic carboxylic acids is 1. The number of aromatic nitrogens is 1. The number of carboxylic acid groups (broad SMARTS) is 1. The molecule has 0 radical (unpaired) electrons. The molecule has 0 aliphatic carbocycles. The quantitative estimate of drug-likeness (QED) is 0.927. The summed E-state index contributed by atoms with van der Waals surface area (Å²) in [6, 6.07) is 4.25. The Morgan fingerprint density at radius 3 is 2.78 bits per heavy atom. The van der Waals surface area contributed by atoms with Crippen molar-refractivity contribution in [2.24, 2.45) is 0 Å². The molecule has 1 aromatic carbocycles. The Hall–Kier alpha value is -1.88. The molecule has 0 saturated carbocycles. The summed E-state index contributed by atoms with van der Waals surface area (Å²) < 4.78 is 18.7. The number of benzene rings is 1. The van der Waals surface area contributed by atoms with Gasteiger partial charge in [0.2, 0.25) is 0 Å². The lowest BCUT2D eigenvalue weighted by Gasteiger charge is -2.04. The maximum Gasteiger partial charge on any atom is 0.358 e. The Balaban J connectivity index is 2.55. The van der Waals surface area contributed by atoms with E-state index >= 15 is 0 Å². The van der Waals surface area contributed by atoms with Crippen LogP contribution in [-0.4, -0.2) is 16.2 Å². The molecule has 0 amide bonds. The van der Waals surface area contributed by atoms with E-state index < -0.39 is 11.8 Å². The zero-order chi connectivity index (χ0) is 13.3. The smallest absolute Gasteiger partial charge is 0.358 e. The first-order chi connectivity index (χ1) is 8.52. The summed E-state index contributed by atoms with van der Waals surface area (Å²) in [4.78, 5) is 10.7. The van der Waals surface area contributed by atoms with Crippen molar-refractivity contribution in [2.45, 2.75) is 13.3 Å². The zero-order valence-electron chi connectivity index (χ0n) is 9.41. The number of aryl methyl sites for hydroxylation is 1. The van der Waals surface area contributed by atoms with Crippen LogP contribution < -0.4 is 0 Å². The molecule has 0 saturated heterocycles. The fourth-order valence-electron chi connectivity index (χ4n) is 1.53. The molecule has 1 N–H and O–H groups in total. The number of carboxylic acids is 1. The van der Waals surface area contributed by atoms with E-state index in [1.807, 2.05) is 6.92 Å². The Kier molecular flexibility index (Phi) is 3.34. The van der Waals surface area contributed by atoms with Crippen LogP contribution in [0.4, 0.5) is 4.39 Å². The van der Waals surface area contributed by atoms with Crippen LogP contribution >= 0.6 is 11.6 Å². The van der Waals surface area contributed by atoms with Crippen LogP contribution in [0.15, 0.2) is 22.7 Å². The molecule has 4 nitrogen and oxygen atoms in total. The molecule has 2 aromatic rings. The van der Waals surface area contributed by atoms with Crippen molar-refractivity contribution in [1.82, 2.24) is 5.16 Å². The van der Waals surface area contributed by atoms with Gasteiger partial charge in [-0.3, -0.25) is 0 Å². The third kappa shape index (κ3) is 2.22. The monoisotopic (exact) mass is 269 g/mol. The van der Waals surface area contributed by atoms with Gasteiger partial charge in [-0.1, -0.05) is 23.7 Å². The summed E-state index contributed by atoms with van der Waals surface area (Å²) in [6.45, 7) is 1.90. The highest BCUT2D eigenvalue weighted by Crippen LogP contribution is 2.30. The first-order valence-corrected chi connectivity index (χ1v) is 5.59. The van der Waals surface area contributed by atoms with Gasteiger partial charge in [-0.25, -0.2) is 9.18 Å². The van der Waals surface area contributed by atoms with Crippen molar-refractivity contribution in [1.29, 1.82) is 0 Å². The highest BCUT2D eigenvalue weighted by Gasteiger charge is 2.17. The number of nitrogens with zero attached hydrogens (tertiary/aromatic N) is 1. The van der Waals surface area contributed by atoms with Gasteiger partial charge in [0, 0.05) is 6.07 Å². The van der Waals surface area contributed by atoms with Gasteiger partial charge in [0.25, 0.3) is 0 Å². The van der Waals surface area contributed by atoms with E-state index in [1.165, 1.54) is 6.07 Å². The zero-order valence-corrected chi connectivity index (χ0v) is 10.2. The molecule has 0 aliphatic rings. The highest BCUT2D eigenvalue weighted by atomic mass is 35.5. The minimum atomic E-state index is -1.23. The van der Waals surface area contributed by atoms with Crippen molar-refractivity contribution in [2.75, 3.05) is 0 Å². The van der Waals surface area contributed by atoms with E-state index in [9.17, 15) is 9.18 Å². The number of hydrogen-bond acceptors (Lipinski definition) is 3. The van der Waals surface area contributed by atoms with E-state index in [1.54, 1.807) is 6.07 Å². The van der Waals surface area contributed by atoms with Crippen LogP contribution in [0.3, 0.4) is 0 Å². The number of halogens is 2. The van der Waals surface area contributed by atoms with Gasteiger partial charge >= 0.3 is 5.97 Å². The lowest BCUT2D eigenvalue weighted by atomic mass is 10.1. The molecule has 94 valence electrons. The topological polar surface area (TPSA) is 63.3 Å². The van der Waals surface area contributed by atoms with Gasteiger partial charge in [0.15, 0.2) is 17.3 Å². The fraction of sp³-hybridized carbons (Fsp3) is 0.167. The summed E-state index contributed by atoms with van der Waals surface area (Å²) >= 11 is 5.76. The molecule has 1 heterocycles. The van der Waals surface area contributed by atoms with Gasteiger partial charge in [-0.05, 0) is 24.1 Å². The van der Waals surface area contributed by atoms with Gasteiger partial charge in [-0.15, -0.1) is 0 Å². The second kappa shape index (κ2) is 4.78. The summed E-state index contributed by atoms with van der Waals surface area (Å²) in [6.07, 6.45) is 0.674. The average molecular weight is 270 g/mol. The third-order valence-electron chi connectivity index (χ3n) is 2.49. The minimum absolute atomic E-state index is 0.0300. The van der Waals surface area contributed by atoms with Gasteiger partial charge in [-0.2, -0.15) is 0 Å². The first kappa shape index (κ1) is 12.6. The van der Waals surface area contributed by atoms with Crippen molar-refractivity contribution in [3.8, 4) is 11.3 Å². The normalized spacial score (nSPS) is 10.6. The maximum atomic E-state index is 13.8. The molecule has 0 fully saturated rings. The second-order valence-corrected chi connectivity index (χ2v) is 4.08. The molecule has 0 unspecified atom stereocenters. The van der Waals surface area contributed by atoms with Crippen LogP contribution in [-0.2, 0) is 6.42 Å². The Morgan fingerprint density at radius 2 is 2.22 bits per heavy atom. The van der Waals surface area contributed by atoms with Crippen LogP contribution in [0, 0.1) is 5.82 Å². The Bertz CT molecular complexity index is 609. The maximum absolute atomic E-state index is 13.8. The van der Waals surface area contributed by atoms with Gasteiger partial charge < -0.3 is 9.63 Å². The van der Waals surface area contributed by atoms with Crippen LogP contribution in [0.1, 0.15) is 23.0 Å². The van der Waals surface area contributed by atoms with E-state index in [0.717, 1.165) is 11.6 Å². The van der Waals surface area contributed by atoms with Crippen LogP contribution in [0.2, 0.25) is 5.02 Å². The average Bonchev–Trinajstić information content (AvgIpc) is 2.82. The molecule has 6 heteroatoms. The number of carbonyl (C=O) groups is 1. The van der Waals surface area contributed by atoms with Crippen LogP contribution in [0.25, 0.3) is 11.3 Å². The predicted molar refractivity (Wildman–Crippen MR) is 63.2 cm³/mol. The summed E-state index contributed by atoms with van der Waals surface area (Å²) in [5, 5.41) is 12.0. The molecule has 1 aromatic heterocycles. The number of hydrogen-bond donors (Lipinski definition) is 1. The predicted octanol–water partition coefficient (Wildman–Crippen LogP) is 3.39. The lowest BCUT2D eigenvalue weighted by molar-refractivity contribution is 0.0686. The molecule has 18 heavy (non-hydrogen) atoms. The minimum Gasteiger partial charge on any atom is -0.476 e. The van der Waals surface area contributed by atoms with Crippen molar-refractivity contribution in [3.63, 3.8) is 0 Å². The Labute approximate surface area is 107 Å². The van der Waals surface area contributed by atoms with Gasteiger partial charge in [0.1, 0.15) is 0 Å². The Morgan fingerprint density at radius 1 is 1.50 bits per heavy atom. The fourth-order valence-corrected chi connectivity index (χ4v) is 1.77. The first-order valence-electron chi connectivity index (χ1n) is 5.21. The number of rotatable bonds is 3. The van der Waals surface area contributed by atoms with Crippen molar-refractivity contribution in [3.05, 3.63) is 40.3 Å². The third-order valence-corrected chi connectivity index (χ3v) is 2.77. The van der Waals surface area contributed by atoms with Gasteiger partial charge in [0.05, 0.1) is 10.6 Å². The van der Waals surface area contributed by atoms with E-state index in [2.05, 4.69) is 5.16 Å². The van der Waals surface area contributed by atoms with E-state index in [4.69, 9.17) is 21.2 Å². The van der Waals surface area contributed by atoms with Crippen molar-refractivity contribution < 1.29 is 18.8 Å². The van der Waals surface area contributed by atoms with E-state index in [-0.39, 0.29) is 22.0 Å². The highest BCUT2D eigenvalue weighted by molar-refractivity contribution is 6.31. The molecule has 0 bridgehead atoms. The lowest BCUT2D eigenvalue weighted by Crippen LogP contribution is -1.94. The standard InChI is InChI=1S/C12H9ClFNO3/c1-2-6-3-7(11(14)8(13)4-6)10-5-9(12(16)17)15-18-10/h3-5H,2H2,1H3,(H,16,17). The largest absolute Gasteiger partial charge is 0.476 e. The SMILES string of the molecule is CCc1cc(Cl)c(F)c(-c2cc(C(=O)O)no2)c1. The summed E-state index contributed by atoms with van der Waals surface area (Å²) in [7, 11) is 0. The molecule has 0 aliphatic heterocycles. The van der Waals surface area contributed by atoms with Crippen molar-refractivity contribution >= 4 is 17.6 Å². The van der Waals surface area contributed by atoms with Crippen LogP contribution in [0.5, 0.6) is 0 Å². The molecule has 0 spiro atoms. The van der Waals surface area contributed by atoms with E-state index in [0.29, 0.717) is 6.42 Å². The molecular weight excluding hydrogens is 261 g/mol.